The van der Waals surface area contributed by atoms with Gasteiger partial charge in [0.25, 0.3) is 0 Å². The monoisotopic (exact) mass is 396 g/mol. The number of rotatable bonds is 6. The molecule has 3 aromatic rings. The van der Waals surface area contributed by atoms with Crippen LogP contribution in [0.15, 0.2) is 46.2 Å². The van der Waals surface area contributed by atoms with Crippen LogP contribution in [0.25, 0.3) is 11.0 Å². The third kappa shape index (κ3) is 3.01. The van der Waals surface area contributed by atoms with Gasteiger partial charge in [-0.1, -0.05) is 24.3 Å². The van der Waals surface area contributed by atoms with Crippen molar-refractivity contribution in [2.75, 3.05) is 13.1 Å². The third-order valence-electron chi connectivity index (χ3n) is 4.70. The minimum absolute atomic E-state index is 0.0892. The highest BCUT2D eigenvalue weighted by Gasteiger charge is 2.45. The van der Waals surface area contributed by atoms with E-state index in [4.69, 9.17) is 4.42 Å². The maximum absolute atomic E-state index is 12.7. The van der Waals surface area contributed by atoms with Gasteiger partial charge in [-0.05, 0) is 24.4 Å². The van der Waals surface area contributed by atoms with E-state index in [1.165, 1.54) is 11.3 Å². The average Bonchev–Trinajstić information content (AvgIpc) is 3.37. The van der Waals surface area contributed by atoms with Gasteiger partial charge in [0.05, 0.1) is 6.54 Å². The van der Waals surface area contributed by atoms with Gasteiger partial charge in [-0.3, -0.25) is 19.3 Å². The molecule has 0 radical (unpaired) electrons. The van der Waals surface area contributed by atoms with Crippen LogP contribution in [-0.4, -0.2) is 46.5 Å². The van der Waals surface area contributed by atoms with Gasteiger partial charge in [0.2, 0.25) is 5.78 Å². The van der Waals surface area contributed by atoms with Crippen LogP contribution < -0.4 is 0 Å². The summed E-state index contributed by atoms with van der Waals surface area (Å²) in [6, 6.07) is 10.2. The Balaban J connectivity index is 1.51. The van der Waals surface area contributed by atoms with Gasteiger partial charge in [-0.15, -0.1) is 11.3 Å². The molecule has 0 N–H and O–H groups in total. The first-order chi connectivity index (χ1) is 13.5. The zero-order chi connectivity index (χ0) is 19.8. The van der Waals surface area contributed by atoms with Crippen molar-refractivity contribution in [1.29, 1.82) is 0 Å². The normalized spacial score (nSPS) is 14.5. The van der Waals surface area contributed by atoms with Crippen LogP contribution >= 0.6 is 11.3 Å². The number of fused-ring (bicyclic) bond motifs is 1. The zero-order valence-electron chi connectivity index (χ0n) is 15.0. The SMILES string of the molecule is Cc1c(C(=O)CN2C(=O)C(=O)N(CCc3cccs3)C2=O)oc2ccccc12. The number of hydrogen-bond donors (Lipinski definition) is 0. The van der Waals surface area contributed by atoms with E-state index in [1.807, 2.05) is 29.6 Å². The largest absolute Gasteiger partial charge is 0.453 e. The summed E-state index contributed by atoms with van der Waals surface area (Å²) in [5, 5.41) is 2.69. The van der Waals surface area contributed by atoms with Gasteiger partial charge >= 0.3 is 17.8 Å². The molecule has 2 aromatic heterocycles. The molecule has 0 saturated carbocycles. The molecular formula is C20H16N2O5S. The number of para-hydroxylation sites is 1. The molecule has 4 rings (SSSR count). The number of benzene rings is 1. The molecule has 0 unspecified atom stereocenters. The number of imide groups is 2. The topological polar surface area (TPSA) is 87.9 Å². The fourth-order valence-corrected chi connectivity index (χ4v) is 3.92. The Morgan fingerprint density at radius 3 is 2.50 bits per heavy atom. The predicted octanol–water partition coefficient (Wildman–Crippen LogP) is 3.02. The Kier molecular flexibility index (Phi) is 4.56. The Morgan fingerprint density at radius 1 is 1.04 bits per heavy atom. The second-order valence-corrected chi connectivity index (χ2v) is 7.47. The van der Waals surface area contributed by atoms with Crippen molar-refractivity contribution in [1.82, 2.24) is 9.80 Å². The molecule has 0 aliphatic carbocycles. The molecule has 1 fully saturated rings. The Bertz CT molecular complexity index is 1100. The number of urea groups is 1. The summed E-state index contributed by atoms with van der Waals surface area (Å²) < 4.78 is 5.60. The molecule has 0 atom stereocenters. The van der Waals surface area contributed by atoms with Crippen molar-refractivity contribution in [3.05, 3.63) is 58.0 Å². The van der Waals surface area contributed by atoms with E-state index in [2.05, 4.69) is 0 Å². The molecule has 8 heteroatoms. The van der Waals surface area contributed by atoms with E-state index in [0.717, 1.165) is 15.2 Å². The quantitative estimate of drug-likeness (QED) is 0.363. The number of thiophene rings is 1. The van der Waals surface area contributed by atoms with Crippen LogP contribution in [0.5, 0.6) is 0 Å². The van der Waals surface area contributed by atoms with Crippen LogP contribution in [0.1, 0.15) is 21.0 Å². The van der Waals surface area contributed by atoms with Crippen LogP contribution in [0.3, 0.4) is 0 Å². The Labute approximate surface area is 164 Å². The minimum Gasteiger partial charge on any atom is -0.453 e. The van der Waals surface area contributed by atoms with E-state index in [-0.39, 0.29) is 12.3 Å². The molecule has 28 heavy (non-hydrogen) atoms. The minimum atomic E-state index is -0.988. The summed E-state index contributed by atoms with van der Waals surface area (Å²) in [6.45, 7) is 1.31. The standard InChI is InChI=1S/C20H16N2O5S/c1-12-14-6-2-3-7-16(14)27-17(12)15(23)11-22-19(25)18(24)21(20(22)26)9-8-13-5-4-10-28-13/h2-7,10H,8-9,11H2,1H3. The highest BCUT2D eigenvalue weighted by atomic mass is 32.1. The number of carbonyl (C=O) groups excluding carboxylic acids is 4. The molecule has 1 aliphatic rings. The molecule has 142 valence electrons. The number of Topliss-reactive ketones (excluding diaryl/α,β-unsaturated/α-hetero) is 1. The van der Waals surface area contributed by atoms with Gasteiger partial charge in [-0.25, -0.2) is 9.69 Å². The van der Waals surface area contributed by atoms with E-state index >= 15 is 0 Å². The molecule has 0 bridgehead atoms. The van der Waals surface area contributed by atoms with Crippen molar-refractivity contribution >= 4 is 45.9 Å². The van der Waals surface area contributed by atoms with E-state index in [1.54, 1.807) is 19.1 Å². The first kappa shape index (κ1) is 18.1. The highest BCUT2D eigenvalue weighted by Crippen LogP contribution is 2.26. The molecular weight excluding hydrogens is 380 g/mol. The second-order valence-electron chi connectivity index (χ2n) is 6.44. The summed E-state index contributed by atoms with van der Waals surface area (Å²) in [4.78, 5) is 52.2. The van der Waals surface area contributed by atoms with Crippen molar-refractivity contribution in [2.24, 2.45) is 0 Å². The van der Waals surface area contributed by atoms with Gasteiger partial charge in [0.1, 0.15) is 5.58 Å². The molecule has 4 amide bonds. The van der Waals surface area contributed by atoms with Crippen LogP contribution in [-0.2, 0) is 16.0 Å². The molecule has 3 heterocycles. The van der Waals surface area contributed by atoms with Crippen molar-refractivity contribution in [2.45, 2.75) is 13.3 Å². The first-order valence-electron chi connectivity index (χ1n) is 8.68. The van der Waals surface area contributed by atoms with Crippen LogP contribution in [0.4, 0.5) is 4.79 Å². The molecule has 1 aliphatic heterocycles. The van der Waals surface area contributed by atoms with Crippen molar-refractivity contribution in [3.63, 3.8) is 0 Å². The summed E-state index contributed by atoms with van der Waals surface area (Å²) in [7, 11) is 0. The van der Waals surface area contributed by atoms with Crippen molar-refractivity contribution < 1.29 is 23.6 Å². The van der Waals surface area contributed by atoms with Gasteiger partial charge in [0.15, 0.2) is 5.76 Å². The third-order valence-corrected chi connectivity index (χ3v) is 5.63. The molecule has 1 aromatic carbocycles. The Morgan fingerprint density at radius 2 is 1.79 bits per heavy atom. The van der Waals surface area contributed by atoms with E-state index in [0.29, 0.717) is 22.5 Å². The zero-order valence-corrected chi connectivity index (χ0v) is 15.8. The Hall–Kier alpha value is -3.26. The average molecular weight is 396 g/mol. The maximum atomic E-state index is 12.7. The van der Waals surface area contributed by atoms with Crippen LogP contribution in [0.2, 0.25) is 0 Å². The number of hydrogen-bond acceptors (Lipinski definition) is 6. The lowest BCUT2D eigenvalue weighted by Gasteiger charge is -2.14. The summed E-state index contributed by atoms with van der Waals surface area (Å²) in [5.41, 5.74) is 1.19. The number of aryl methyl sites for hydroxylation is 1. The maximum Gasteiger partial charge on any atom is 0.334 e. The lowest BCUT2D eigenvalue weighted by atomic mass is 10.1. The number of nitrogens with zero attached hydrogens (tertiary/aromatic N) is 2. The fraction of sp³-hybridized carbons (Fsp3) is 0.200. The smallest absolute Gasteiger partial charge is 0.334 e. The lowest BCUT2D eigenvalue weighted by Crippen LogP contribution is -2.37. The van der Waals surface area contributed by atoms with E-state index < -0.39 is 30.2 Å². The summed E-state index contributed by atoms with van der Waals surface area (Å²) >= 11 is 1.51. The van der Waals surface area contributed by atoms with Crippen LogP contribution in [0, 0.1) is 6.92 Å². The van der Waals surface area contributed by atoms with Gasteiger partial charge < -0.3 is 4.42 Å². The summed E-state index contributed by atoms with van der Waals surface area (Å²) in [6.07, 6.45) is 0.465. The second kappa shape index (κ2) is 7.05. The molecule has 7 nitrogen and oxygen atoms in total. The number of carbonyl (C=O) groups is 4. The number of furan rings is 1. The summed E-state index contributed by atoms with van der Waals surface area (Å²) in [5.74, 6) is -2.33. The predicted molar refractivity (Wildman–Crippen MR) is 102 cm³/mol. The lowest BCUT2D eigenvalue weighted by molar-refractivity contribution is -0.143. The number of amides is 4. The fourth-order valence-electron chi connectivity index (χ4n) is 3.22. The van der Waals surface area contributed by atoms with Crippen molar-refractivity contribution in [3.8, 4) is 0 Å². The molecule has 1 saturated heterocycles. The van der Waals surface area contributed by atoms with E-state index in [9.17, 15) is 19.2 Å². The first-order valence-corrected chi connectivity index (χ1v) is 9.56. The number of ketones is 1. The van der Waals surface area contributed by atoms with Gasteiger partial charge in [-0.2, -0.15) is 0 Å². The molecule has 0 spiro atoms. The highest BCUT2D eigenvalue weighted by molar-refractivity contribution is 7.09. The van der Waals surface area contributed by atoms with Gasteiger partial charge in [0, 0.05) is 28.8 Å².